The van der Waals surface area contributed by atoms with Gasteiger partial charge in [-0.05, 0) is 19.1 Å². The van der Waals surface area contributed by atoms with Crippen molar-refractivity contribution in [3.63, 3.8) is 0 Å². The summed E-state index contributed by atoms with van der Waals surface area (Å²) in [7, 11) is 0. The summed E-state index contributed by atoms with van der Waals surface area (Å²) in [6, 6.07) is 6.31. The summed E-state index contributed by atoms with van der Waals surface area (Å²) in [5.74, 6) is 0.385. The number of nitrogens with two attached hydrogens (primary N) is 1. The van der Waals surface area contributed by atoms with Crippen LogP contribution in [0.3, 0.4) is 0 Å². The van der Waals surface area contributed by atoms with Crippen molar-refractivity contribution < 1.29 is 4.74 Å². The number of fused-ring (bicyclic) bond motifs is 1. The number of nitrogens with zero attached hydrogens (tertiary/aromatic N) is 2. The van der Waals surface area contributed by atoms with Crippen LogP contribution in [-0.2, 0) is 5.41 Å². The first-order chi connectivity index (χ1) is 10.3. The fraction of sp³-hybridized carbons (Fsp3) is 0.375. The van der Waals surface area contributed by atoms with Gasteiger partial charge in [0.2, 0.25) is 11.8 Å². The normalized spacial score (nSPS) is 17.9. The quantitative estimate of drug-likeness (QED) is 0.845. The zero-order valence-electron chi connectivity index (χ0n) is 13.0. The predicted molar refractivity (Wildman–Crippen MR) is 85.6 cm³/mol. The highest BCUT2D eigenvalue weighted by Gasteiger charge is 2.38. The van der Waals surface area contributed by atoms with Crippen molar-refractivity contribution in [2.75, 3.05) is 0 Å². The molecule has 3 heterocycles. The lowest BCUT2D eigenvalue weighted by Crippen LogP contribution is -2.23. The van der Waals surface area contributed by atoms with Crippen molar-refractivity contribution >= 4 is 11.3 Å². The topological polar surface area (TPSA) is 87.7 Å². The van der Waals surface area contributed by atoms with Gasteiger partial charge in [0.15, 0.2) is 0 Å². The molecule has 0 unspecified atom stereocenters. The second-order valence-electron chi connectivity index (χ2n) is 6.44. The number of nitriles is 1. The molecular weight excluding hydrogens is 296 g/mol. The Morgan fingerprint density at radius 2 is 2.14 bits per heavy atom. The minimum absolute atomic E-state index is 0.137. The number of aromatic nitrogens is 2. The lowest BCUT2D eigenvalue weighted by Gasteiger charge is -2.26. The number of rotatable bonds is 1. The van der Waals surface area contributed by atoms with E-state index in [-0.39, 0.29) is 17.2 Å². The molecule has 3 rings (SSSR count). The van der Waals surface area contributed by atoms with Crippen molar-refractivity contribution in [3.8, 4) is 11.9 Å². The number of allylic oxidation sites excluding steroid dienone is 1. The first-order valence-corrected chi connectivity index (χ1v) is 7.87. The third kappa shape index (κ3) is 2.18. The zero-order valence-corrected chi connectivity index (χ0v) is 13.8. The largest absolute Gasteiger partial charge is 0.420 e. The molecule has 2 aromatic rings. The van der Waals surface area contributed by atoms with Crippen molar-refractivity contribution in [1.82, 2.24) is 10.2 Å². The summed E-state index contributed by atoms with van der Waals surface area (Å²) in [6.45, 7) is 8.36. The summed E-state index contributed by atoms with van der Waals surface area (Å²) in [5.41, 5.74) is 8.14. The molecule has 6 heteroatoms. The van der Waals surface area contributed by atoms with Crippen LogP contribution in [-0.4, -0.2) is 10.2 Å². The van der Waals surface area contributed by atoms with Crippen LogP contribution < -0.4 is 10.5 Å². The van der Waals surface area contributed by atoms with E-state index in [0.717, 1.165) is 16.1 Å². The molecule has 3 N–H and O–H groups in total. The Labute approximate surface area is 133 Å². The first-order valence-electron chi connectivity index (χ1n) is 7.05. The molecule has 1 aliphatic heterocycles. The van der Waals surface area contributed by atoms with E-state index >= 15 is 0 Å². The van der Waals surface area contributed by atoms with Crippen molar-refractivity contribution in [1.29, 1.82) is 5.26 Å². The monoisotopic (exact) mass is 314 g/mol. The SMILES string of the molecule is Cc1ccc([C@H]2C(C#N)=C(N)Oc3n[nH]c(C(C)(C)C)c32)s1. The molecule has 2 aromatic heterocycles. The maximum Gasteiger partial charge on any atom is 0.244 e. The molecule has 114 valence electrons. The third-order valence-electron chi connectivity index (χ3n) is 3.73. The maximum absolute atomic E-state index is 9.56. The van der Waals surface area contributed by atoms with Gasteiger partial charge in [-0.2, -0.15) is 5.26 Å². The van der Waals surface area contributed by atoms with Gasteiger partial charge in [-0.1, -0.05) is 20.8 Å². The molecule has 0 aromatic carbocycles. The van der Waals surface area contributed by atoms with E-state index < -0.39 is 0 Å². The fourth-order valence-corrected chi connectivity index (χ4v) is 3.71. The average molecular weight is 314 g/mol. The Morgan fingerprint density at radius 3 is 2.68 bits per heavy atom. The highest BCUT2D eigenvalue weighted by Crippen LogP contribution is 2.46. The van der Waals surface area contributed by atoms with Crippen LogP contribution in [0.2, 0.25) is 0 Å². The van der Waals surface area contributed by atoms with Crippen LogP contribution in [0.25, 0.3) is 0 Å². The number of ether oxygens (including phenoxy) is 1. The molecule has 5 nitrogen and oxygen atoms in total. The molecule has 1 aliphatic rings. The second-order valence-corrected chi connectivity index (χ2v) is 7.76. The summed E-state index contributed by atoms with van der Waals surface area (Å²) in [6.07, 6.45) is 0. The predicted octanol–water partition coefficient (Wildman–Crippen LogP) is 3.30. The average Bonchev–Trinajstić information content (AvgIpc) is 3.02. The Morgan fingerprint density at radius 1 is 1.41 bits per heavy atom. The van der Waals surface area contributed by atoms with Gasteiger partial charge in [0, 0.05) is 20.9 Å². The second kappa shape index (κ2) is 4.89. The standard InChI is InChI=1S/C16H18N4OS/c1-8-5-6-10(22-8)11-9(7-17)14(18)21-15-12(11)13(19-20-15)16(2,3)4/h5-6,11H,18H2,1-4H3,(H,19,20)/t11-/m1/s1. The van der Waals surface area contributed by atoms with Crippen LogP contribution in [0.15, 0.2) is 23.6 Å². The van der Waals surface area contributed by atoms with Gasteiger partial charge < -0.3 is 10.5 Å². The Hall–Kier alpha value is -2.26. The van der Waals surface area contributed by atoms with Gasteiger partial charge in [-0.15, -0.1) is 16.4 Å². The van der Waals surface area contributed by atoms with Crippen molar-refractivity contribution in [2.45, 2.75) is 39.0 Å². The molecule has 0 fully saturated rings. The molecular formula is C16H18N4OS. The summed E-state index contributed by atoms with van der Waals surface area (Å²) < 4.78 is 5.57. The van der Waals surface area contributed by atoms with Gasteiger partial charge in [0.1, 0.15) is 11.6 Å². The summed E-state index contributed by atoms with van der Waals surface area (Å²) in [4.78, 5) is 2.27. The molecule has 0 amide bonds. The van der Waals surface area contributed by atoms with Crippen LogP contribution in [0.4, 0.5) is 0 Å². The molecule has 0 radical (unpaired) electrons. The lowest BCUT2D eigenvalue weighted by molar-refractivity contribution is 0.378. The molecule has 0 spiro atoms. The number of H-pyrrole nitrogens is 1. The van der Waals surface area contributed by atoms with E-state index in [1.54, 1.807) is 11.3 Å². The molecule has 0 aliphatic carbocycles. The van der Waals surface area contributed by atoms with Gasteiger partial charge in [-0.25, -0.2) is 0 Å². The Bertz CT molecular complexity index is 801. The van der Waals surface area contributed by atoms with Gasteiger partial charge in [-0.3, -0.25) is 5.10 Å². The number of thiophene rings is 1. The van der Waals surface area contributed by atoms with Crippen molar-refractivity contribution in [3.05, 3.63) is 44.6 Å². The lowest BCUT2D eigenvalue weighted by atomic mass is 9.81. The number of aromatic amines is 1. The minimum atomic E-state index is -0.222. The number of aryl methyl sites for hydroxylation is 1. The molecule has 22 heavy (non-hydrogen) atoms. The highest BCUT2D eigenvalue weighted by molar-refractivity contribution is 7.12. The highest BCUT2D eigenvalue weighted by atomic mass is 32.1. The molecule has 0 saturated heterocycles. The Balaban J connectivity index is 2.27. The van der Waals surface area contributed by atoms with Crippen LogP contribution in [0, 0.1) is 18.3 Å². The number of nitrogens with one attached hydrogen (secondary N) is 1. The zero-order chi connectivity index (χ0) is 16.1. The first kappa shape index (κ1) is 14.7. The fourth-order valence-electron chi connectivity index (χ4n) is 2.71. The third-order valence-corrected chi connectivity index (χ3v) is 4.80. The van der Waals surface area contributed by atoms with E-state index in [9.17, 15) is 5.26 Å². The van der Waals surface area contributed by atoms with Crippen LogP contribution >= 0.6 is 11.3 Å². The smallest absolute Gasteiger partial charge is 0.244 e. The molecule has 0 saturated carbocycles. The van der Waals surface area contributed by atoms with Crippen LogP contribution in [0.1, 0.15) is 47.7 Å². The van der Waals surface area contributed by atoms with E-state index in [2.05, 4.69) is 43.1 Å². The van der Waals surface area contributed by atoms with E-state index in [1.165, 1.54) is 4.88 Å². The maximum atomic E-state index is 9.56. The number of hydrogen-bond donors (Lipinski definition) is 2. The van der Waals surface area contributed by atoms with Gasteiger partial charge >= 0.3 is 0 Å². The van der Waals surface area contributed by atoms with Gasteiger partial charge in [0.05, 0.1) is 11.5 Å². The van der Waals surface area contributed by atoms with E-state index in [0.29, 0.717) is 11.5 Å². The summed E-state index contributed by atoms with van der Waals surface area (Å²) in [5, 5.41) is 16.9. The van der Waals surface area contributed by atoms with E-state index in [1.807, 2.05) is 13.0 Å². The number of hydrogen-bond acceptors (Lipinski definition) is 5. The summed E-state index contributed by atoms with van der Waals surface area (Å²) >= 11 is 1.66. The molecule has 1 atom stereocenters. The van der Waals surface area contributed by atoms with Crippen molar-refractivity contribution in [2.24, 2.45) is 5.73 Å². The van der Waals surface area contributed by atoms with Gasteiger partial charge in [0.25, 0.3) is 0 Å². The molecule has 0 bridgehead atoms. The van der Waals surface area contributed by atoms with E-state index in [4.69, 9.17) is 10.5 Å². The van der Waals surface area contributed by atoms with Crippen LogP contribution in [0.5, 0.6) is 5.88 Å². The Kier molecular flexibility index (Phi) is 3.26. The minimum Gasteiger partial charge on any atom is -0.420 e.